The fourth-order valence-corrected chi connectivity index (χ4v) is 2.84. The van der Waals surface area contributed by atoms with Crippen LogP contribution in [0.5, 0.6) is 0 Å². The van der Waals surface area contributed by atoms with Gasteiger partial charge in [0.15, 0.2) is 0 Å². The summed E-state index contributed by atoms with van der Waals surface area (Å²) in [6.07, 6.45) is 4.23. The van der Waals surface area contributed by atoms with Gasteiger partial charge in [-0.05, 0) is 50.8 Å². The second kappa shape index (κ2) is 8.05. The second-order valence-corrected chi connectivity index (χ2v) is 5.64. The quantitative estimate of drug-likeness (QED) is 0.865. The molecule has 1 unspecified atom stereocenters. The lowest BCUT2D eigenvalue weighted by molar-refractivity contribution is -0.132. The Balaban J connectivity index is 1.79. The molecule has 1 fully saturated rings. The molecule has 1 saturated heterocycles. The Morgan fingerprint density at radius 2 is 2.15 bits per heavy atom. The third kappa shape index (κ3) is 4.64. The summed E-state index contributed by atoms with van der Waals surface area (Å²) in [6, 6.07) is 10.2. The van der Waals surface area contributed by atoms with Crippen LogP contribution in [0.1, 0.15) is 38.2 Å². The van der Waals surface area contributed by atoms with E-state index in [1.54, 1.807) is 0 Å². The molecule has 1 aromatic carbocycles. The first kappa shape index (κ1) is 15.0. The average Bonchev–Trinajstić information content (AvgIpc) is 2.52. The molecular weight excluding hydrogens is 248 g/mol. The molecule has 0 aliphatic carbocycles. The molecule has 1 heterocycles. The van der Waals surface area contributed by atoms with Crippen molar-refractivity contribution in [1.29, 1.82) is 0 Å². The van der Waals surface area contributed by atoms with Crippen LogP contribution in [0.2, 0.25) is 0 Å². The maximum absolute atomic E-state index is 12.3. The van der Waals surface area contributed by atoms with Gasteiger partial charge in [-0.25, -0.2) is 0 Å². The summed E-state index contributed by atoms with van der Waals surface area (Å²) < 4.78 is 0. The Morgan fingerprint density at radius 1 is 1.35 bits per heavy atom. The summed E-state index contributed by atoms with van der Waals surface area (Å²) in [5.74, 6) is 0.977. The fraction of sp³-hybridized carbons (Fsp3) is 0.588. The number of carbonyl (C=O) groups excluding carboxylic acids is 1. The molecule has 3 heteroatoms. The van der Waals surface area contributed by atoms with E-state index in [4.69, 9.17) is 0 Å². The van der Waals surface area contributed by atoms with Crippen LogP contribution in [0.3, 0.4) is 0 Å². The highest BCUT2D eigenvalue weighted by molar-refractivity contribution is 5.76. The van der Waals surface area contributed by atoms with Crippen LogP contribution in [0.15, 0.2) is 30.3 Å². The third-order valence-electron chi connectivity index (χ3n) is 4.12. The van der Waals surface area contributed by atoms with Gasteiger partial charge in [0.2, 0.25) is 5.91 Å². The molecule has 2 rings (SSSR count). The zero-order valence-corrected chi connectivity index (χ0v) is 12.5. The third-order valence-corrected chi connectivity index (χ3v) is 4.12. The van der Waals surface area contributed by atoms with Crippen molar-refractivity contribution in [2.75, 3.05) is 19.6 Å². The monoisotopic (exact) mass is 274 g/mol. The van der Waals surface area contributed by atoms with Crippen molar-refractivity contribution in [3.63, 3.8) is 0 Å². The van der Waals surface area contributed by atoms with E-state index >= 15 is 0 Å². The van der Waals surface area contributed by atoms with E-state index in [1.807, 2.05) is 23.1 Å². The molecule has 1 atom stereocenters. The minimum Gasteiger partial charge on any atom is -0.339 e. The maximum atomic E-state index is 12.3. The zero-order chi connectivity index (χ0) is 14.2. The number of carbonyl (C=O) groups is 1. The number of hydrogen-bond acceptors (Lipinski definition) is 2. The first-order valence-electron chi connectivity index (χ1n) is 7.82. The first-order chi connectivity index (χ1) is 9.79. The minimum absolute atomic E-state index is 0.293. The van der Waals surface area contributed by atoms with E-state index in [1.165, 1.54) is 18.4 Å². The van der Waals surface area contributed by atoms with Gasteiger partial charge in [0.1, 0.15) is 0 Å². The molecule has 20 heavy (non-hydrogen) atoms. The first-order valence-corrected chi connectivity index (χ1v) is 7.82. The van der Waals surface area contributed by atoms with Crippen LogP contribution in [0.25, 0.3) is 0 Å². The lowest BCUT2D eigenvalue weighted by Crippen LogP contribution is -2.33. The Hall–Kier alpha value is -1.35. The number of hydrogen-bond donors (Lipinski definition) is 1. The molecule has 0 saturated carbocycles. The zero-order valence-electron chi connectivity index (χ0n) is 12.5. The van der Waals surface area contributed by atoms with E-state index in [2.05, 4.69) is 24.4 Å². The predicted molar refractivity (Wildman–Crippen MR) is 82.4 cm³/mol. The largest absolute Gasteiger partial charge is 0.339 e. The van der Waals surface area contributed by atoms with Crippen LogP contribution in [0, 0.1) is 5.92 Å². The fourth-order valence-electron chi connectivity index (χ4n) is 2.84. The highest BCUT2D eigenvalue weighted by atomic mass is 16.2. The van der Waals surface area contributed by atoms with Gasteiger partial charge in [-0.1, -0.05) is 30.3 Å². The molecule has 0 radical (unpaired) electrons. The van der Waals surface area contributed by atoms with E-state index in [-0.39, 0.29) is 0 Å². The van der Waals surface area contributed by atoms with Gasteiger partial charge in [-0.2, -0.15) is 0 Å². The Labute approximate surface area is 122 Å². The molecule has 1 N–H and O–H groups in total. The molecule has 1 aromatic rings. The van der Waals surface area contributed by atoms with Crippen molar-refractivity contribution in [3.8, 4) is 0 Å². The summed E-state index contributed by atoms with van der Waals surface area (Å²) in [6.45, 7) is 5.80. The minimum atomic E-state index is 0.293. The van der Waals surface area contributed by atoms with Crippen LogP contribution in [-0.2, 0) is 11.3 Å². The number of nitrogens with one attached hydrogen (secondary N) is 1. The number of rotatable bonds is 6. The van der Waals surface area contributed by atoms with Gasteiger partial charge >= 0.3 is 0 Å². The summed E-state index contributed by atoms with van der Waals surface area (Å²) in [5, 5.41) is 3.42. The van der Waals surface area contributed by atoms with Gasteiger partial charge in [-0.3, -0.25) is 4.79 Å². The molecule has 0 aromatic heterocycles. The SMILES string of the molecule is CCN(Cc1ccccc1)C(=O)CCC1CCCNC1. The van der Waals surface area contributed by atoms with Gasteiger partial charge in [0.05, 0.1) is 0 Å². The van der Waals surface area contributed by atoms with E-state index < -0.39 is 0 Å². The summed E-state index contributed by atoms with van der Waals surface area (Å²) >= 11 is 0. The van der Waals surface area contributed by atoms with Crippen molar-refractivity contribution < 1.29 is 4.79 Å². The lowest BCUT2D eigenvalue weighted by atomic mass is 9.94. The van der Waals surface area contributed by atoms with E-state index in [9.17, 15) is 4.79 Å². The van der Waals surface area contributed by atoms with Crippen molar-refractivity contribution in [3.05, 3.63) is 35.9 Å². The lowest BCUT2D eigenvalue weighted by Gasteiger charge is -2.25. The molecule has 1 amide bonds. The standard InChI is InChI=1S/C17H26N2O/c1-2-19(14-16-7-4-3-5-8-16)17(20)11-10-15-9-6-12-18-13-15/h3-5,7-8,15,18H,2,6,9-14H2,1H3. The summed E-state index contributed by atoms with van der Waals surface area (Å²) in [7, 11) is 0. The highest BCUT2D eigenvalue weighted by Gasteiger charge is 2.17. The van der Waals surface area contributed by atoms with Crippen molar-refractivity contribution in [2.24, 2.45) is 5.92 Å². The van der Waals surface area contributed by atoms with Crippen molar-refractivity contribution in [1.82, 2.24) is 10.2 Å². The molecule has 110 valence electrons. The smallest absolute Gasteiger partial charge is 0.222 e. The van der Waals surface area contributed by atoms with Crippen molar-refractivity contribution in [2.45, 2.75) is 39.2 Å². The Morgan fingerprint density at radius 3 is 2.80 bits per heavy atom. The van der Waals surface area contributed by atoms with Gasteiger partial charge < -0.3 is 10.2 Å². The van der Waals surface area contributed by atoms with Gasteiger partial charge in [0.25, 0.3) is 0 Å². The van der Waals surface area contributed by atoms with Gasteiger partial charge in [-0.15, -0.1) is 0 Å². The number of benzene rings is 1. The molecule has 3 nitrogen and oxygen atoms in total. The molecule has 1 aliphatic rings. The van der Waals surface area contributed by atoms with Crippen LogP contribution in [0.4, 0.5) is 0 Å². The topological polar surface area (TPSA) is 32.3 Å². The van der Waals surface area contributed by atoms with Crippen LogP contribution in [-0.4, -0.2) is 30.4 Å². The van der Waals surface area contributed by atoms with Crippen molar-refractivity contribution >= 4 is 5.91 Å². The molecule has 0 bridgehead atoms. The van der Waals surface area contributed by atoms with E-state index in [0.29, 0.717) is 18.2 Å². The van der Waals surface area contributed by atoms with E-state index in [0.717, 1.165) is 32.6 Å². The maximum Gasteiger partial charge on any atom is 0.222 e. The van der Waals surface area contributed by atoms with Gasteiger partial charge in [0, 0.05) is 19.5 Å². The summed E-state index contributed by atoms with van der Waals surface area (Å²) in [5.41, 5.74) is 1.21. The summed E-state index contributed by atoms with van der Waals surface area (Å²) in [4.78, 5) is 14.3. The second-order valence-electron chi connectivity index (χ2n) is 5.64. The Kier molecular flexibility index (Phi) is 6.06. The molecular formula is C17H26N2O. The molecule has 0 spiro atoms. The van der Waals surface area contributed by atoms with Crippen LogP contribution < -0.4 is 5.32 Å². The Bertz CT molecular complexity index is 399. The normalized spacial score (nSPS) is 18.8. The number of amides is 1. The highest BCUT2D eigenvalue weighted by Crippen LogP contribution is 2.17. The number of nitrogens with zero attached hydrogens (tertiary/aromatic N) is 1. The predicted octanol–water partition coefficient (Wildman–Crippen LogP) is 2.81. The average molecular weight is 274 g/mol. The number of piperidine rings is 1. The molecule has 1 aliphatic heterocycles. The van der Waals surface area contributed by atoms with Crippen LogP contribution >= 0.6 is 0 Å².